The monoisotopic (exact) mass is 540 g/mol. The summed E-state index contributed by atoms with van der Waals surface area (Å²) in [6.07, 6.45) is 2.70. The van der Waals surface area contributed by atoms with Crippen molar-refractivity contribution < 1.29 is 27.6 Å². The molecule has 7 nitrogen and oxygen atoms in total. The Balaban J connectivity index is 1.42. The van der Waals surface area contributed by atoms with Gasteiger partial charge in [-0.2, -0.15) is 0 Å². The minimum absolute atomic E-state index is 0.0306. The summed E-state index contributed by atoms with van der Waals surface area (Å²) < 4.78 is 49.1. The van der Waals surface area contributed by atoms with Gasteiger partial charge in [-0.05, 0) is 41.8 Å². The molecule has 2 aromatic carbocycles. The first-order valence-corrected chi connectivity index (χ1v) is 12.9. The van der Waals surface area contributed by atoms with E-state index in [1.807, 2.05) is 11.0 Å². The van der Waals surface area contributed by atoms with Crippen molar-refractivity contribution in [3.63, 3.8) is 0 Å². The van der Waals surface area contributed by atoms with Crippen LogP contribution in [0.15, 0.2) is 71.4 Å². The maximum Gasteiger partial charge on any atom is 0.321 e. The number of carbonyl (C=O) groups excluding carboxylic acids is 1. The van der Waals surface area contributed by atoms with Crippen LogP contribution in [-0.2, 0) is 12.1 Å². The van der Waals surface area contributed by atoms with Crippen LogP contribution >= 0.6 is 0 Å². The Morgan fingerprint density at radius 3 is 2.72 bits per heavy atom. The average molecular weight is 541 g/mol. The fourth-order valence-electron chi connectivity index (χ4n) is 5.63. The van der Waals surface area contributed by atoms with Gasteiger partial charge in [0.05, 0.1) is 19.3 Å². The third-order valence-electron chi connectivity index (χ3n) is 7.73. The summed E-state index contributed by atoms with van der Waals surface area (Å²) in [5.74, 6) is -0.590. The van der Waals surface area contributed by atoms with E-state index in [1.54, 1.807) is 49.7 Å². The normalized spacial score (nSPS) is 23.9. The van der Waals surface area contributed by atoms with E-state index < -0.39 is 42.0 Å². The summed E-state index contributed by atoms with van der Waals surface area (Å²) in [5, 5.41) is 14.4. The van der Waals surface area contributed by atoms with Gasteiger partial charge in [0, 0.05) is 50.8 Å². The molecule has 2 amide bonds. The first-order valence-electron chi connectivity index (χ1n) is 12.9. The van der Waals surface area contributed by atoms with Gasteiger partial charge in [-0.15, -0.1) is 0 Å². The Morgan fingerprint density at radius 1 is 1.21 bits per heavy atom. The van der Waals surface area contributed by atoms with Gasteiger partial charge >= 0.3 is 6.03 Å². The maximum absolute atomic E-state index is 15.1. The number of alkyl halides is 1. The minimum atomic E-state index is -1.31. The number of aliphatic hydroxyl groups is 1. The summed E-state index contributed by atoms with van der Waals surface area (Å²) in [5.41, 5.74) is -0.264. The van der Waals surface area contributed by atoms with Crippen LogP contribution in [0.2, 0.25) is 0 Å². The smallest absolute Gasteiger partial charge is 0.321 e. The minimum Gasteiger partial charge on any atom is -0.393 e. The zero-order valence-corrected chi connectivity index (χ0v) is 21.6. The Hall–Kier alpha value is -3.63. The Kier molecular flexibility index (Phi) is 7.76. The van der Waals surface area contributed by atoms with Crippen LogP contribution in [0.3, 0.4) is 0 Å². The van der Waals surface area contributed by atoms with Crippen LogP contribution in [0.25, 0.3) is 5.57 Å². The second-order valence-electron chi connectivity index (χ2n) is 10.2. The molecule has 5 rings (SSSR count). The van der Waals surface area contributed by atoms with Gasteiger partial charge in [-0.3, -0.25) is 4.90 Å². The summed E-state index contributed by atoms with van der Waals surface area (Å²) in [6.45, 7) is 0.648. The second-order valence-corrected chi connectivity index (χ2v) is 10.2. The van der Waals surface area contributed by atoms with Crippen LogP contribution in [0, 0.1) is 11.6 Å². The van der Waals surface area contributed by atoms with E-state index >= 15 is 4.39 Å². The maximum atomic E-state index is 15.1. The van der Waals surface area contributed by atoms with Crippen molar-refractivity contribution in [3.05, 3.63) is 95.4 Å². The van der Waals surface area contributed by atoms with Gasteiger partial charge < -0.3 is 19.4 Å². The molecule has 2 unspecified atom stereocenters. The number of urea groups is 1. The summed E-state index contributed by atoms with van der Waals surface area (Å²) in [4.78, 5) is 19.0. The van der Waals surface area contributed by atoms with Crippen molar-refractivity contribution in [1.82, 2.24) is 19.9 Å². The molecule has 3 atom stereocenters. The topological polar surface area (TPSA) is 73.1 Å². The van der Waals surface area contributed by atoms with Crippen LogP contribution in [0.4, 0.5) is 18.0 Å². The fourth-order valence-corrected chi connectivity index (χ4v) is 5.63. The third kappa shape index (κ3) is 5.44. The molecular weight excluding hydrogens is 509 g/mol. The second kappa shape index (κ2) is 11.2. The Morgan fingerprint density at radius 2 is 2.00 bits per heavy atom. The Labute approximate surface area is 225 Å². The molecule has 39 heavy (non-hydrogen) atoms. The molecule has 1 fully saturated rings. The van der Waals surface area contributed by atoms with Crippen molar-refractivity contribution in [2.75, 3.05) is 33.3 Å². The molecule has 2 aliphatic rings. The Bertz CT molecular complexity index is 1320. The SMILES string of the molecule is CN(C(=O)N1CC(c2cc(F)ccc2F)=C[C@@]1(CO)c1ccccc1)C1CCN(Cc2ccno2)CC(F)C1. The molecular formula is C29H31F3N4O3. The van der Waals surface area contributed by atoms with E-state index in [0.717, 1.165) is 18.2 Å². The highest BCUT2D eigenvalue weighted by molar-refractivity contribution is 5.83. The lowest BCUT2D eigenvalue weighted by Crippen LogP contribution is -2.54. The molecule has 0 aliphatic carbocycles. The highest BCUT2D eigenvalue weighted by Crippen LogP contribution is 2.41. The first-order chi connectivity index (χ1) is 18.8. The molecule has 0 spiro atoms. The highest BCUT2D eigenvalue weighted by Gasteiger charge is 2.46. The molecule has 0 saturated carbocycles. The van der Waals surface area contributed by atoms with E-state index in [9.17, 15) is 18.7 Å². The number of nitrogens with zero attached hydrogens (tertiary/aromatic N) is 4. The number of likely N-dealkylation sites (tertiary alicyclic amines) is 1. The summed E-state index contributed by atoms with van der Waals surface area (Å²) in [7, 11) is 1.62. The molecule has 2 aliphatic heterocycles. The largest absolute Gasteiger partial charge is 0.393 e. The van der Waals surface area contributed by atoms with Gasteiger partial charge in [-0.1, -0.05) is 35.5 Å². The third-order valence-corrected chi connectivity index (χ3v) is 7.73. The number of aliphatic hydroxyl groups excluding tert-OH is 1. The van der Waals surface area contributed by atoms with E-state index in [-0.39, 0.29) is 25.1 Å². The lowest BCUT2D eigenvalue weighted by molar-refractivity contribution is 0.0758. The van der Waals surface area contributed by atoms with E-state index in [2.05, 4.69) is 5.16 Å². The van der Waals surface area contributed by atoms with E-state index in [1.165, 1.54) is 9.80 Å². The standard InChI is InChI=1S/C29H31F3N4O3/c1-34(24-10-12-35(17-23(31)13-24)18-25-9-11-33-39-25)28(38)36-16-20(26-14-22(30)7-8-27(26)32)15-29(36,19-37)21-5-3-2-4-6-21/h2-9,11,14-15,23-24,37H,10,12-13,16-19H2,1H3/t23?,24?,29-/m1/s1. The van der Waals surface area contributed by atoms with Gasteiger partial charge in [0.15, 0.2) is 5.76 Å². The van der Waals surface area contributed by atoms with Crippen LogP contribution in [-0.4, -0.2) is 76.5 Å². The summed E-state index contributed by atoms with van der Waals surface area (Å²) in [6, 6.07) is 13.0. The van der Waals surface area contributed by atoms with Crippen LogP contribution < -0.4 is 0 Å². The van der Waals surface area contributed by atoms with Gasteiger partial charge in [0.1, 0.15) is 23.3 Å². The lowest BCUT2D eigenvalue weighted by Gasteiger charge is -2.41. The van der Waals surface area contributed by atoms with Gasteiger partial charge in [0.25, 0.3) is 0 Å². The number of aromatic nitrogens is 1. The molecule has 3 heterocycles. The average Bonchev–Trinajstić information content (AvgIpc) is 3.56. The van der Waals surface area contributed by atoms with Crippen molar-refractivity contribution in [3.8, 4) is 0 Å². The number of carbonyl (C=O) groups is 1. The molecule has 3 aromatic rings. The lowest BCUT2D eigenvalue weighted by atomic mass is 9.89. The first kappa shape index (κ1) is 27.0. The molecule has 0 radical (unpaired) electrons. The highest BCUT2D eigenvalue weighted by atomic mass is 19.1. The zero-order chi connectivity index (χ0) is 27.6. The molecule has 206 valence electrons. The number of rotatable bonds is 6. The van der Waals surface area contributed by atoms with Gasteiger partial charge in [-0.25, -0.2) is 18.0 Å². The molecule has 10 heteroatoms. The van der Waals surface area contributed by atoms with Crippen molar-refractivity contribution in [1.29, 1.82) is 0 Å². The van der Waals surface area contributed by atoms with Crippen molar-refractivity contribution >= 4 is 11.6 Å². The quantitative estimate of drug-likeness (QED) is 0.495. The number of amides is 2. The van der Waals surface area contributed by atoms with E-state index in [4.69, 9.17) is 4.52 Å². The number of hydrogen-bond acceptors (Lipinski definition) is 5. The predicted octanol–water partition coefficient (Wildman–Crippen LogP) is 4.59. The zero-order valence-electron chi connectivity index (χ0n) is 21.6. The number of hydrogen-bond donors (Lipinski definition) is 1. The van der Waals surface area contributed by atoms with Crippen molar-refractivity contribution in [2.24, 2.45) is 0 Å². The fraction of sp³-hybridized carbons (Fsp3) is 0.379. The van der Waals surface area contributed by atoms with Crippen LogP contribution in [0.5, 0.6) is 0 Å². The number of benzene rings is 2. The van der Waals surface area contributed by atoms with E-state index in [0.29, 0.717) is 36.4 Å². The predicted molar refractivity (Wildman–Crippen MR) is 139 cm³/mol. The number of halogens is 3. The summed E-state index contributed by atoms with van der Waals surface area (Å²) >= 11 is 0. The van der Waals surface area contributed by atoms with Crippen LogP contribution in [0.1, 0.15) is 29.7 Å². The molecule has 1 aromatic heterocycles. The molecule has 1 saturated heterocycles. The van der Waals surface area contributed by atoms with Gasteiger partial charge in [0.2, 0.25) is 0 Å². The van der Waals surface area contributed by atoms with Crippen molar-refractivity contribution in [2.45, 2.75) is 37.1 Å². The molecule has 0 bridgehead atoms. The molecule has 1 N–H and O–H groups in total.